The van der Waals surface area contributed by atoms with Crippen molar-refractivity contribution in [3.63, 3.8) is 0 Å². The van der Waals surface area contributed by atoms with E-state index in [0.29, 0.717) is 18.8 Å². The van der Waals surface area contributed by atoms with E-state index in [9.17, 15) is 9.59 Å². The van der Waals surface area contributed by atoms with Crippen LogP contribution in [0.3, 0.4) is 0 Å². The molecule has 13 heavy (non-hydrogen) atoms. The molecule has 0 spiro atoms. The Morgan fingerprint density at radius 3 is 2.69 bits per heavy atom. The molecule has 0 saturated carbocycles. The van der Waals surface area contributed by atoms with Gasteiger partial charge in [-0.15, -0.1) is 0 Å². The predicted octanol–water partition coefficient (Wildman–Crippen LogP) is 0.548. The van der Waals surface area contributed by atoms with Crippen LogP contribution in [0.15, 0.2) is 0 Å². The van der Waals surface area contributed by atoms with Crippen LogP contribution in [-0.2, 0) is 14.3 Å². The molecule has 5 heteroatoms. The minimum Gasteiger partial charge on any atom is -0.466 e. The van der Waals surface area contributed by atoms with Crippen molar-refractivity contribution in [2.45, 2.75) is 19.8 Å². The summed E-state index contributed by atoms with van der Waals surface area (Å²) in [7, 11) is 0. The number of ether oxygens (including phenoxy) is 1. The highest BCUT2D eigenvalue weighted by molar-refractivity contribution is 7.99. The van der Waals surface area contributed by atoms with Gasteiger partial charge in [0.15, 0.2) is 0 Å². The molecule has 0 aliphatic carbocycles. The minimum absolute atomic E-state index is 0.209. The van der Waals surface area contributed by atoms with Gasteiger partial charge in [-0.1, -0.05) is 6.92 Å². The van der Waals surface area contributed by atoms with Gasteiger partial charge in [-0.2, -0.15) is 11.8 Å². The van der Waals surface area contributed by atoms with Gasteiger partial charge in [-0.05, 0) is 6.42 Å². The van der Waals surface area contributed by atoms with Crippen LogP contribution in [0.5, 0.6) is 0 Å². The van der Waals surface area contributed by atoms with Crippen molar-refractivity contribution >= 4 is 23.6 Å². The van der Waals surface area contributed by atoms with Crippen LogP contribution in [0.1, 0.15) is 19.8 Å². The average molecular weight is 205 g/mol. The highest BCUT2D eigenvalue weighted by atomic mass is 32.2. The molecule has 0 radical (unpaired) electrons. The molecule has 0 unspecified atom stereocenters. The normalized spacial score (nSPS) is 9.62. The van der Waals surface area contributed by atoms with Gasteiger partial charge in [0.1, 0.15) is 0 Å². The number of esters is 1. The van der Waals surface area contributed by atoms with E-state index < -0.39 is 0 Å². The standard InChI is InChI=1S/C8H15NO3S/c1-2-4-12-8(11)3-5-13-6-7(9)10/h2-6H2,1H3,(H2,9,10). The number of hydrogen-bond acceptors (Lipinski definition) is 4. The molecule has 4 nitrogen and oxygen atoms in total. The van der Waals surface area contributed by atoms with Crippen molar-refractivity contribution in [2.75, 3.05) is 18.1 Å². The molecule has 76 valence electrons. The zero-order valence-electron chi connectivity index (χ0n) is 7.75. The van der Waals surface area contributed by atoms with Crippen LogP contribution in [-0.4, -0.2) is 30.0 Å². The first-order chi connectivity index (χ1) is 6.16. The third kappa shape index (κ3) is 9.20. The zero-order chi connectivity index (χ0) is 10.1. The van der Waals surface area contributed by atoms with Crippen LogP contribution in [0.4, 0.5) is 0 Å². The summed E-state index contributed by atoms with van der Waals surface area (Å²) >= 11 is 1.35. The molecule has 0 fully saturated rings. The molecule has 0 aromatic rings. The first kappa shape index (κ1) is 12.3. The van der Waals surface area contributed by atoms with Crippen molar-refractivity contribution in [3.8, 4) is 0 Å². The molecule has 0 atom stereocenters. The Hall–Kier alpha value is -0.710. The lowest BCUT2D eigenvalue weighted by Gasteiger charge is -2.01. The van der Waals surface area contributed by atoms with Gasteiger partial charge in [0.25, 0.3) is 0 Å². The molecular weight excluding hydrogens is 190 g/mol. The van der Waals surface area contributed by atoms with Crippen molar-refractivity contribution in [1.29, 1.82) is 0 Å². The van der Waals surface area contributed by atoms with Crippen molar-refractivity contribution in [1.82, 2.24) is 0 Å². The second-order valence-electron chi connectivity index (χ2n) is 2.49. The van der Waals surface area contributed by atoms with E-state index in [1.807, 2.05) is 6.92 Å². The highest BCUT2D eigenvalue weighted by Crippen LogP contribution is 2.02. The third-order valence-corrected chi connectivity index (χ3v) is 2.14. The second-order valence-corrected chi connectivity index (χ2v) is 3.59. The maximum atomic E-state index is 10.9. The molecule has 0 heterocycles. The van der Waals surface area contributed by atoms with Crippen LogP contribution >= 0.6 is 11.8 Å². The SMILES string of the molecule is CCCOC(=O)CCSCC(N)=O. The molecule has 2 N–H and O–H groups in total. The summed E-state index contributed by atoms with van der Waals surface area (Å²) < 4.78 is 4.83. The molecule has 0 saturated heterocycles. The average Bonchev–Trinajstić information content (AvgIpc) is 2.08. The Balaban J connectivity index is 3.22. The molecule has 0 rings (SSSR count). The second kappa shape index (κ2) is 7.91. The van der Waals surface area contributed by atoms with Gasteiger partial charge in [-0.25, -0.2) is 0 Å². The fourth-order valence-electron chi connectivity index (χ4n) is 0.616. The topological polar surface area (TPSA) is 69.4 Å². The Morgan fingerprint density at radius 1 is 1.46 bits per heavy atom. The maximum absolute atomic E-state index is 10.9. The van der Waals surface area contributed by atoms with Crippen molar-refractivity contribution < 1.29 is 14.3 Å². The lowest BCUT2D eigenvalue weighted by Crippen LogP contribution is -2.14. The lowest BCUT2D eigenvalue weighted by molar-refractivity contribution is -0.143. The van der Waals surface area contributed by atoms with E-state index in [-0.39, 0.29) is 17.6 Å². The van der Waals surface area contributed by atoms with E-state index in [4.69, 9.17) is 10.5 Å². The molecule has 0 aromatic carbocycles. The first-order valence-electron chi connectivity index (χ1n) is 4.18. The highest BCUT2D eigenvalue weighted by Gasteiger charge is 2.02. The monoisotopic (exact) mass is 205 g/mol. The van der Waals surface area contributed by atoms with E-state index in [0.717, 1.165) is 6.42 Å². The number of carbonyl (C=O) groups excluding carboxylic acids is 2. The summed E-state index contributed by atoms with van der Waals surface area (Å²) in [6, 6.07) is 0. The van der Waals surface area contributed by atoms with Crippen LogP contribution < -0.4 is 5.73 Å². The van der Waals surface area contributed by atoms with E-state index in [1.165, 1.54) is 11.8 Å². The molecule has 0 aliphatic rings. The molecule has 0 aliphatic heterocycles. The largest absolute Gasteiger partial charge is 0.466 e. The maximum Gasteiger partial charge on any atom is 0.306 e. The third-order valence-electron chi connectivity index (χ3n) is 1.16. The Labute approximate surface area is 82.2 Å². The fraction of sp³-hybridized carbons (Fsp3) is 0.750. The van der Waals surface area contributed by atoms with Gasteiger partial charge in [0.2, 0.25) is 5.91 Å². The number of primary amides is 1. The fourth-order valence-corrected chi connectivity index (χ4v) is 1.27. The summed E-state index contributed by atoms with van der Waals surface area (Å²) in [5.41, 5.74) is 4.91. The van der Waals surface area contributed by atoms with Gasteiger partial charge < -0.3 is 10.5 Å². The summed E-state index contributed by atoms with van der Waals surface area (Å²) in [6.45, 7) is 2.41. The molecule has 0 aromatic heterocycles. The Bertz CT molecular complexity index is 173. The van der Waals surface area contributed by atoms with E-state index in [2.05, 4.69) is 0 Å². The summed E-state index contributed by atoms with van der Waals surface area (Å²) in [6.07, 6.45) is 1.18. The zero-order valence-corrected chi connectivity index (χ0v) is 8.56. The van der Waals surface area contributed by atoms with Crippen molar-refractivity contribution in [2.24, 2.45) is 5.73 Å². The molecular formula is C8H15NO3S. The first-order valence-corrected chi connectivity index (χ1v) is 5.34. The number of amides is 1. The lowest BCUT2D eigenvalue weighted by atomic mass is 10.5. The van der Waals surface area contributed by atoms with Crippen LogP contribution in [0, 0.1) is 0 Å². The van der Waals surface area contributed by atoms with Gasteiger partial charge in [-0.3, -0.25) is 9.59 Å². The van der Waals surface area contributed by atoms with Gasteiger partial charge >= 0.3 is 5.97 Å². The molecule has 0 bridgehead atoms. The summed E-state index contributed by atoms with van der Waals surface area (Å²) in [5.74, 6) is 0.290. The van der Waals surface area contributed by atoms with Crippen molar-refractivity contribution in [3.05, 3.63) is 0 Å². The number of thioether (sulfide) groups is 1. The predicted molar refractivity (Wildman–Crippen MR) is 52.4 cm³/mol. The number of nitrogens with two attached hydrogens (primary N) is 1. The molecule has 1 amide bonds. The van der Waals surface area contributed by atoms with E-state index in [1.54, 1.807) is 0 Å². The quantitative estimate of drug-likeness (QED) is 0.486. The Kier molecular flexibility index (Phi) is 7.48. The van der Waals surface area contributed by atoms with Gasteiger partial charge in [0.05, 0.1) is 18.8 Å². The minimum atomic E-state index is -0.355. The number of hydrogen-bond donors (Lipinski definition) is 1. The number of carbonyl (C=O) groups is 2. The Morgan fingerprint density at radius 2 is 2.15 bits per heavy atom. The van der Waals surface area contributed by atoms with Gasteiger partial charge in [0, 0.05) is 5.75 Å². The summed E-state index contributed by atoms with van der Waals surface area (Å²) in [4.78, 5) is 21.2. The van der Waals surface area contributed by atoms with Crippen LogP contribution in [0.2, 0.25) is 0 Å². The summed E-state index contributed by atoms with van der Waals surface area (Å²) in [5, 5.41) is 0. The van der Waals surface area contributed by atoms with E-state index >= 15 is 0 Å². The number of rotatable bonds is 7. The smallest absolute Gasteiger partial charge is 0.306 e. The van der Waals surface area contributed by atoms with Crippen LogP contribution in [0.25, 0.3) is 0 Å².